The summed E-state index contributed by atoms with van der Waals surface area (Å²) in [5, 5.41) is 2.66. The van der Waals surface area contributed by atoms with Gasteiger partial charge in [-0.15, -0.1) is 11.3 Å². The third kappa shape index (κ3) is 4.88. The Morgan fingerprint density at radius 3 is 2.02 bits per heavy atom. The van der Waals surface area contributed by atoms with Crippen molar-refractivity contribution in [1.29, 1.82) is 0 Å². The van der Waals surface area contributed by atoms with E-state index in [9.17, 15) is 0 Å². The zero-order chi connectivity index (χ0) is 28.6. The van der Waals surface area contributed by atoms with E-state index in [2.05, 4.69) is 133 Å². The van der Waals surface area contributed by atoms with Gasteiger partial charge in [-0.1, -0.05) is 140 Å². The number of allylic oxidation sites excluding steroid dienone is 4. The van der Waals surface area contributed by atoms with Gasteiger partial charge >= 0.3 is 0 Å². The SMILES string of the molecule is C1=CCC(c2cc(-c3ccc(-c4ccc(-c5cccc6c5sc5ccccc56)cc4)cc3)nc(-c3ccccc3)n2)C=C1. The van der Waals surface area contributed by atoms with Gasteiger partial charge in [0.05, 0.1) is 11.4 Å². The second-order valence-corrected chi connectivity index (χ2v) is 12.0. The van der Waals surface area contributed by atoms with Crippen LogP contribution in [0, 0.1) is 0 Å². The molecule has 2 nitrogen and oxygen atoms in total. The van der Waals surface area contributed by atoms with Gasteiger partial charge in [0.2, 0.25) is 0 Å². The highest BCUT2D eigenvalue weighted by Gasteiger charge is 2.16. The zero-order valence-corrected chi connectivity index (χ0v) is 24.3. The Hall–Kier alpha value is -5.12. The van der Waals surface area contributed by atoms with E-state index in [0.29, 0.717) is 0 Å². The second kappa shape index (κ2) is 10.9. The van der Waals surface area contributed by atoms with Crippen LogP contribution in [0.2, 0.25) is 0 Å². The monoisotopic (exact) mass is 568 g/mol. The first-order valence-corrected chi connectivity index (χ1v) is 15.5. The van der Waals surface area contributed by atoms with Crippen molar-refractivity contribution in [1.82, 2.24) is 9.97 Å². The second-order valence-electron chi connectivity index (χ2n) is 11.0. The summed E-state index contributed by atoms with van der Waals surface area (Å²) in [6.45, 7) is 0. The number of hydrogen-bond acceptors (Lipinski definition) is 3. The van der Waals surface area contributed by atoms with E-state index in [1.807, 2.05) is 29.5 Å². The molecule has 0 radical (unpaired) electrons. The molecule has 0 aliphatic heterocycles. The lowest BCUT2D eigenvalue weighted by molar-refractivity contribution is 0.811. The minimum Gasteiger partial charge on any atom is -0.232 e. The van der Waals surface area contributed by atoms with Gasteiger partial charge in [0.1, 0.15) is 0 Å². The van der Waals surface area contributed by atoms with Gasteiger partial charge in [0.15, 0.2) is 5.82 Å². The Morgan fingerprint density at radius 2 is 1.26 bits per heavy atom. The Labute approximate surface area is 255 Å². The van der Waals surface area contributed by atoms with Crippen LogP contribution >= 0.6 is 11.3 Å². The maximum atomic E-state index is 5.00. The molecule has 1 unspecified atom stereocenters. The molecule has 204 valence electrons. The standard InChI is InChI=1S/C40H28N2S/c1-3-10-30(11-4-1)36-26-37(42-40(41-36)32-12-5-2-6-13-32)31-24-20-28(21-25-31)27-18-22-29(23-19-27)33-15-9-16-35-34-14-7-8-17-38(34)43-39(33)35/h1-10,12-26,30H,11H2. The number of thiophene rings is 1. The van der Waals surface area contributed by atoms with E-state index in [4.69, 9.17) is 9.97 Å². The molecule has 0 fully saturated rings. The van der Waals surface area contributed by atoms with Crippen LogP contribution < -0.4 is 0 Å². The van der Waals surface area contributed by atoms with Gasteiger partial charge in [-0.2, -0.15) is 0 Å². The number of hydrogen-bond donors (Lipinski definition) is 0. The molecule has 8 rings (SSSR count). The molecule has 1 aliphatic carbocycles. The van der Waals surface area contributed by atoms with Gasteiger partial charge < -0.3 is 0 Å². The van der Waals surface area contributed by atoms with Crippen molar-refractivity contribution in [2.45, 2.75) is 12.3 Å². The van der Waals surface area contributed by atoms with Crippen LogP contribution in [0.25, 0.3) is 65.1 Å². The van der Waals surface area contributed by atoms with Crippen LogP contribution in [-0.4, -0.2) is 9.97 Å². The van der Waals surface area contributed by atoms with Crippen molar-refractivity contribution in [3.63, 3.8) is 0 Å². The van der Waals surface area contributed by atoms with Crippen LogP contribution in [0.3, 0.4) is 0 Å². The van der Waals surface area contributed by atoms with E-state index in [1.165, 1.54) is 42.4 Å². The van der Waals surface area contributed by atoms with Gasteiger partial charge in [0, 0.05) is 37.2 Å². The number of fused-ring (bicyclic) bond motifs is 3. The summed E-state index contributed by atoms with van der Waals surface area (Å²) in [7, 11) is 0. The Balaban J connectivity index is 1.11. The molecule has 1 atom stereocenters. The Kier molecular flexibility index (Phi) is 6.51. The summed E-state index contributed by atoms with van der Waals surface area (Å²) in [4.78, 5) is 9.99. The van der Waals surface area contributed by atoms with E-state index in [-0.39, 0.29) is 5.92 Å². The third-order valence-electron chi connectivity index (χ3n) is 8.25. The molecular formula is C40H28N2S. The van der Waals surface area contributed by atoms with Gasteiger partial charge in [-0.05, 0) is 40.8 Å². The summed E-state index contributed by atoms with van der Waals surface area (Å²) < 4.78 is 2.68. The molecule has 3 heteroatoms. The molecule has 43 heavy (non-hydrogen) atoms. The van der Waals surface area contributed by atoms with Crippen molar-refractivity contribution in [2.24, 2.45) is 0 Å². The smallest absolute Gasteiger partial charge is 0.160 e. The number of nitrogens with zero attached hydrogens (tertiary/aromatic N) is 2. The predicted molar refractivity (Wildman–Crippen MR) is 182 cm³/mol. The number of aromatic nitrogens is 2. The predicted octanol–water partition coefficient (Wildman–Crippen LogP) is 11.1. The first-order chi connectivity index (χ1) is 21.3. The van der Waals surface area contributed by atoms with E-state index < -0.39 is 0 Å². The van der Waals surface area contributed by atoms with Gasteiger partial charge in [0.25, 0.3) is 0 Å². The summed E-state index contributed by atoms with van der Waals surface area (Å²) in [6, 6.07) is 45.5. The third-order valence-corrected chi connectivity index (χ3v) is 9.47. The van der Waals surface area contributed by atoms with Crippen molar-refractivity contribution < 1.29 is 0 Å². The number of benzene rings is 5. The molecule has 0 amide bonds. The molecule has 7 aromatic rings. The summed E-state index contributed by atoms with van der Waals surface area (Å²) in [5.74, 6) is 1.02. The fourth-order valence-corrected chi connectivity index (χ4v) is 7.21. The normalized spacial score (nSPS) is 14.5. The van der Waals surface area contributed by atoms with Crippen molar-refractivity contribution >= 4 is 31.5 Å². The summed E-state index contributed by atoms with van der Waals surface area (Å²) in [5.41, 5.74) is 9.04. The Bertz CT molecular complexity index is 2140. The van der Waals surface area contributed by atoms with Crippen molar-refractivity contribution in [3.8, 4) is 44.9 Å². The quantitative estimate of drug-likeness (QED) is 0.206. The molecule has 1 aliphatic rings. The van der Waals surface area contributed by atoms with Crippen LogP contribution in [0.15, 0.2) is 152 Å². The lowest BCUT2D eigenvalue weighted by Gasteiger charge is -2.15. The molecule has 0 saturated heterocycles. The fraction of sp³-hybridized carbons (Fsp3) is 0.0500. The van der Waals surface area contributed by atoms with E-state index in [0.717, 1.165) is 34.8 Å². The van der Waals surface area contributed by atoms with Crippen LogP contribution in [0.4, 0.5) is 0 Å². The number of rotatable bonds is 5. The van der Waals surface area contributed by atoms with Crippen molar-refractivity contribution in [3.05, 3.63) is 157 Å². The molecule has 0 spiro atoms. The minimum atomic E-state index is 0.255. The lowest BCUT2D eigenvalue weighted by atomic mass is 9.95. The average Bonchev–Trinajstić information content (AvgIpc) is 3.48. The zero-order valence-electron chi connectivity index (χ0n) is 23.5. The molecule has 2 aromatic heterocycles. The van der Waals surface area contributed by atoms with Gasteiger partial charge in [-0.25, -0.2) is 9.97 Å². The molecular weight excluding hydrogens is 541 g/mol. The summed E-state index contributed by atoms with van der Waals surface area (Å²) >= 11 is 1.88. The molecule has 0 saturated carbocycles. The highest BCUT2D eigenvalue weighted by atomic mass is 32.1. The van der Waals surface area contributed by atoms with E-state index >= 15 is 0 Å². The lowest BCUT2D eigenvalue weighted by Crippen LogP contribution is -2.03. The largest absolute Gasteiger partial charge is 0.232 e. The highest BCUT2D eigenvalue weighted by molar-refractivity contribution is 7.26. The molecule has 5 aromatic carbocycles. The Morgan fingerprint density at radius 1 is 0.558 bits per heavy atom. The van der Waals surface area contributed by atoms with Crippen LogP contribution in [-0.2, 0) is 0 Å². The van der Waals surface area contributed by atoms with Gasteiger partial charge in [-0.3, -0.25) is 0 Å². The first-order valence-electron chi connectivity index (χ1n) is 14.7. The molecule has 0 bridgehead atoms. The first kappa shape index (κ1) is 25.6. The maximum absolute atomic E-state index is 5.00. The average molecular weight is 569 g/mol. The van der Waals surface area contributed by atoms with Crippen LogP contribution in [0.1, 0.15) is 18.0 Å². The van der Waals surface area contributed by atoms with Crippen LogP contribution in [0.5, 0.6) is 0 Å². The van der Waals surface area contributed by atoms with E-state index in [1.54, 1.807) is 0 Å². The molecule has 0 N–H and O–H groups in total. The maximum Gasteiger partial charge on any atom is 0.160 e. The topological polar surface area (TPSA) is 25.8 Å². The van der Waals surface area contributed by atoms with Crippen molar-refractivity contribution in [2.75, 3.05) is 0 Å². The fourth-order valence-electron chi connectivity index (χ4n) is 5.97. The minimum absolute atomic E-state index is 0.255. The molecule has 2 heterocycles. The highest BCUT2D eigenvalue weighted by Crippen LogP contribution is 2.40. The summed E-state index contributed by atoms with van der Waals surface area (Å²) in [6.07, 6.45) is 9.60.